The topological polar surface area (TPSA) is 79.0 Å². The smallest absolute Gasteiger partial charge is 0.178 e. The van der Waals surface area contributed by atoms with Crippen molar-refractivity contribution in [3.05, 3.63) is 53.7 Å². The summed E-state index contributed by atoms with van der Waals surface area (Å²) in [6.45, 7) is 10.4. The Kier molecular flexibility index (Phi) is 5.54. The van der Waals surface area contributed by atoms with Crippen LogP contribution < -0.4 is 0 Å². The highest BCUT2D eigenvalue weighted by Crippen LogP contribution is 2.42. The molecule has 1 saturated heterocycles. The summed E-state index contributed by atoms with van der Waals surface area (Å²) in [5.41, 5.74) is 3.96. The van der Waals surface area contributed by atoms with Gasteiger partial charge in [0.2, 0.25) is 0 Å². The van der Waals surface area contributed by atoms with Gasteiger partial charge in [-0.25, -0.2) is 0 Å². The van der Waals surface area contributed by atoms with Crippen molar-refractivity contribution in [2.75, 3.05) is 26.3 Å². The van der Waals surface area contributed by atoms with Gasteiger partial charge >= 0.3 is 0 Å². The molecule has 6 heteroatoms. The first-order valence-corrected chi connectivity index (χ1v) is 10.2. The number of ether oxygens (including phenoxy) is 1. The zero-order valence-corrected chi connectivity index (χ0v) is 17.7. The molecule has 158 valence electrons. The Hall–Kier alpha value is -2.83. The highest BCUT2D eigenvalue weighted by atomic mass is 16.5. The molecule has 0 saturated carbocycles. The molecule has 2 N–H and O–H groups in total. The maximum atomic E-state index is 10.5. The summed E-state index contributed by atoms with van der Waals surface area (Å²) in [5, 5.41) is 24.7. The lowest BCUT2D eigenvalue weighted by molar-refractivity contribution is 0.0342. The summed E-state index contributed by atoms with van der Waals surface area (Å²) in [5.74, 6) is 0.513. The van der Waals surface area contributed by atoms with Crippen LogP contribution >= 0.6 is 0 Å². The quantitative estimate of drug-likeness (QED) is 0.659. The minimum Gasteiger partial charge on any atom is -0.508 e. The van der Waals surface area contributed by atoms with E-state index in [9.17, 15) is 10.2 Å². The van der Waals surface area contributed by atoms with E-state index < -0.39 is 0 Å². The van der Waals surface area contributed by atoms with E-state index in [4.69, 9.17) is 9.26 Å². The predicted molar refractivity (Wildman–Crippen MR) is 116 cm³/mol. The largest absolute Gasteiger partial charge is 0.508 e. The van der Waals surface area contributed by atoms with E-state index in [1.807, 2.05) is 32.9 Å². The molecule has 2 heterocycles. The number of nitrogens with zero attached hydrogens (tertiary/aromatic N) is 2. The molecule has 1 aromatic heterocycles. The molecule has 30 heavy (non-hydrogen) atoms. The van der Waals surface area contributed by atoms with Crippen molar-refractivity contribution in [3.63, 3.8) is 0 Å². The van der Waals surface area contributed by atoms with E-state index >= 15 is 0 Å². The second-order valence-electron chi connectivity index (χ2n) is 8.79. The number of aromatic nitrogens is 1. The number of phenols is 2. The minimum atomic E-state index is -0.284. The average Bonchev–Trinajstić information content (AvgIpc) is 3.18. The van der Waals surface area contributed by atoms with Gasteiger partial charge in [-0.2, -0.15) is 0 Å². The fraction of sp³-hybridized carbons (Fsp3) is 0.375. The summed E-state index contributed by atoms with van der Waals surface area (Å²) >= 11 is 0. The van der Waals surface area contributed by atoms with Gasteiger partial charge in [0.05, 0.1) is 25.0 Å². The maximum Gasteiger partial charge on any atom is 0.178 e. The number of morpholine rings is 1. The van der Waals surface area contributed by atoms with Gasteiger partial charge in [-0.15, -0.1) is 0 Å². The zero-order valence-electron chi connectivity index (χ0n) is 17.7. The molecule has 0 unspecified atom stereocenters. The van der Waals surface area contributed by atoms with E-state index in [0.717, 1.165) is 49.5 Å². The Morgan fingerprint density at radius 3 is 2.33 bits per heavy atom. The Morgan fingerprint density at radius 1 is 0.967 bits per heavy atom. The van der Waals surface area contributed by atoms with Crippen LogP contribution in [-0.4, -0.2) is 46.6 Å². The molecule has 0 atom stereocenters. The van der Waals surface area contributed by atoms with Crippen LogP contribution in [0.25, 0.3) is 22.5 Å². The SMILES string of the molecule is CC(C)(C)c1cc(-c2oncc2-c2ccc(CN3CCOCC3)cc2)c(O)cc1O. The molecule has 0 amide bonds. The molecular formula is C24H28N2O4. The highest BCUT2D eigenvalue weighted by Gasteiger charge is 2.24. The first-order chi connectivity index (χ1) is 14.3. The second-order valence-corrected chi connectivity index (χ2v) is 8.79. The molecular weight excluding hydrogens is 380 g/mol. The summed E-state index contributed by atoms with van der Waals surface area (Å²) in [6.07, 6.45) is 1.66. The van der Waals surface area contributed by atoms with Crippen LogP contribution in [0.15, 0.2) is 47.1 Å². The van der Waals surface area contributed by atoms with E-state index in [-0.39, 0.29) is 16.9 Å². The van der Waals surface area contributed by atoms with Gasteiger partial charge in [0.25, 0.3) is 0 Å². The van der Waals surface area contributed by atoms with E-state index in [0.29, 0.717) is 11.3 Å². The third kappa shape index (κ3) is 4.20. The van der Waals surface area contributed by atoms with Crippen molar-refractivity contribution in [2.24, 2.45) is 0 Å². The summed E-state index contributed by atoms with van der Waals surface area (Å²) in [7, 11) is 0. The van der Waals surface area contributed by atoms with Crippen molar-refractivity contribution >= 4 is 0 Å². The first kappa shape index (κ1) is 20.4. The zero-order chi connectivity index (χ0) is 21.3. The molecule has 1 fully saturated rings. The van der Waals surface area contributed by atoms with Gasteiger partial charge in [0, 0.05) is 36.8 Å². The van der Waals surface area contributed by atoms with Crippen LogP contribution in [-0.2, 0) is 16.7 Å². The molecule has 0 radical (unpaired) electrons. The Labute approximate surface area is 176 Å². The van der Waals surface area contributed by atoms with E-state index in [1.165, 1.54) is 11.6 Å². The van der Waals surface area contributed by atoms with Crippen molar-refractivity contribution in [2.45, 2.75) is 32.7 Å². The Bertz CT molecular complexity index is 1010. The molecule has 1 aliphatic rings. The van der Waals surface area contributed by atoms with Gasteiger partial charge in [-0.3, -0.25) is 4.90 Å². The second kappa shape index (κ2) is 8.13. The summed E-state index contributed by atoms with van der Waals surface area (Å²) < 4.78 is 10.9. The molecule has 0 spiro atoms. The van der Waals surface area contributed by atoms with Gasteiger partial charge < -0.3 is 19.5 Å². The van der Waals surface area contributed by atoms with Gasteiger partial charge in [0.15, 0.2) is 5.76 Å². The van der Waals surface area contributed by atoms with Crippen LogP contribution in [0.1, 0.15) is 31.9 Å². The first-order valence-electron chi connectivity index (χ1n) is 10.2. The van der Waals surface area contributed by atoms with Crippen LogP contribution in [0.5, 0.6) is 11.5 Å². The molecule has 4 rings (SSSR count). The number of phenolic OH excluding ortho intramolecular Hbond substituents is 2. The Balaban J connectivity index is 1.64. The molecule has 0 bridgehead atoms. The number of hydrogen-bond donors (Lipinski definition) is 2. The normalized spacial score (nSPS) is 15.4. The van der Waals surface area contributed by atoms with Gasteiger partial charge in [0.1, 0.15) is 11.5 Å². The van der Waals surface area contributed by atoms with Crippen molar-refractivity contribution in [1.82, 2.24) is 10.1 Å². The summed E-state index contributed by atoms with van der Waals surface area (Å²) in [4.78, 5) is 2.38. The third-order valence-corrected chi connectivity index (χ3v) is 5.51. The number of benzene rings is 2. The van der Waals surface area contributed by atoms with Gasteiger partial charge in [-0.05, 0) is 22.6 Å². The molecule has 6 nitrogen and oxygen atoms in total. The number of hydrogen-bond acceptors (Lipinski definition) is 6. The molecule has 1 aliphatic heterocycles. The monoisotopic (exact) mass is 408 g/mol. The third-order valence-electron chi connectivity index (χ3n) is 5.51. The lowest BCUT2D eigenvalue weighted by Crippen LogP contribution is -2.35. The maximum absolute atomic E-state index is 10.5. The number of aromatic hydroxyl groups is 2. The number of rotatable bonds is 4. The molecule has 0 aliphatic carbocycles. The average molecular weight is 408 g/mol. The van der Waals surface area contributed by atoms with Crippen molar-refractivity contribution < 1.29 is 19.5 Å². The standard InChI is InChI=1S/C24H28N2O4/c1-24(2,3)20-12-18(21(27)13-22(20)28)23-19(14-25-30-23)17-6-4-16(5-7-17)15-26-8-10-29-11-9-26/h4-7,12-14,27-28H,8-11,15H2,1-3H3. The van der Waals surface area contributed by atoms with Crippen molar-refractivity contribution in [1.29, 1.82) is 0 Å². The van der Waals surface area contributed by atoms with Crippen LogP contribution in [0.3, 0.4) is 0 Å². The van der Waals surface area contributed by atoms with Gasteiger partial charge in [-0.1, -0.05) is 50.2 Å². The molecule has 3 aromatic rings. The minimum absolute atomic E-state index is 0.0394. The lowest BCUT2D eigenvalue weighted by atomic mass is 9.84. The Morgan fingerprint density at radius 2 is 1.67 bits per heavy atom. The predicted octanol–water partition coefficient (Wildman–Crippen LogP) is 4.55. The van der Waals surface area contributed by atoms with Crippen LogP contribution in [0, 0.1) is 0 Å². The lowest BCUT2D eigenvalue weighted by Gasteiger charge is -2.26. The van der Waals surface area contributed by atoms with Crippen LogP contribution in [0.4, 0.5) is 0 Å². The molecule has 2 aromatic carbocycles. The fourth-order valence-electron chi connectivity index (χ4n) is 3.81. The highest BCUT2D eigenvalue weighted by molar-refractivity contribution is 5.82. The van der Waals surface area contributed by atoms with E-state index in [2.05, 4.69) is 22.2 Å². The summed E-state index contributed by atoms with van der Waals surface area (Å²) in [6, 6.07) is 11.5. The van der Waals surface area contributed by atoms with Crippen molar-refractivity contribution in [3.8, 4) is 33.9 Å². The fourth-order valence-corrected chi connectivity index (χ4v) is 3.81. The van der Waals surface area contributed by atoms with E-state index in [1.54, 1.807) is 12.3 Å². The van der Waals surface area contributed by atoms with Crippen LogP contribution in [0.2, 0.25) is 0 Å².